The monoisotopic (exact) mass is 314 g/mol. The van der Waals surface area contributed by atoms with E-state index in [0.717, 1.165) is 16.7 Å². The van der Waals surface area contributed by atoms with Gasteiger partial charge in [-0.2, -0.15) is 0 Å². The Morgan fingerprint density at radius 1 is 1.09 bits per heavy atom. The summed E-state index contributed by atoms with van der Waals surface area (Å²) >= 11 is 6.09. The largest absolute Gasteiger partial charge is 0.482 e. The average molecular weight is 315 g/mol. The van der Waals surface area contributed by atoms with Crippen LogP contribution in [0, 0.1) is 13.8 Å². The molecule has 0 unspecified atom stereocenters. The van der Waals surface area contributed by atoms with Gasteiger partial charge in [-0.05, 0) is 43.2 Å². The molecule has 0 aliphatic heterocycles. The highest BCUT2D eigenvalue weighted by Gasteiger charge is 2.11. The van der Waals surface area contributed by atoms with Gasteiger partial charge in [0.2, 0.25) is 5.89 Å². The summed E-state index contributed by atoms with van der Waals surface area (Å²) in [4.78, 5) is 0. The number of ether oxygens (including phenoxy) is 1. The van der Waals surface area contributed by atoms with Crippen molar-refractivity contribution >= 4 is 11.6 Å². The number of aryl methyl sites for hydroxylation is 2. The molecular formula is C17H15ClN2O2. The molecule has 0 spiro atoms. The number of nitrogens with zero attached hydrogens (tertiary/aromatic N) is 2. The van der Waals surface area contributed by atoms with E-state index in [1.54, 1.807) is 6.07 Å². The zero-order valence-corrected chi connectivity index (χ0v) is 13.1. The van der Waals surface area contributed by atoms with Crippen molar-refractivity contribution in [3.8, 4) is 17.2 Å². The zero-order valence-electron chi connectivity index (χ0n) is 12.3. The van der Waals surface area contributed by atoms with Gasteiger partial charge in [-0.15, -0.1) is 10.2 Å². The molecule has 0 saturated heterocycles. The molecule has 1 heterocycles. The van der Waals surface area contributed by atoms with Crippen LogP contribution < -0.4 is 4.74 Å². The molecule has 3 rings (SSSR count). The normalized spacial score (nSPS) is 10.7. The van der Waals surface area contributed by atoms with Gasteiger partial charge in [0.1, 0.15) is 5.75 Å². The Bertz CT molecular complexity index is 799. The summed E-state index contributed by atoms with van der Waals surface area (Å²) < 4.78 is 11.3. The van der Waals surface area contributed by atoms with Gasteiger partial charge < -0.3 is 9.15 Å². The predicted octanol–water partition coefficient (Wildman–Crippen LogP) is 4.59. The maximum Gasteiger partial charge on any atom is 0.254 e. The highest BCUT2D eigenvalue weighted by Crippen LogP contribution is 2.27. The minimum absolute atomic E-state index is 0.183. The predicted molar refractivity (Wildman–Crippen MR) is 85.0 cm³/mol. The molecule has 5 heteroatoms. The molecule has 0 saturated carbocycles. The fraction of sp³-hybridized carbons (Fsp3) is 0.176. The van der Waals surface area contributed by atoms with E-state index < -0.39 is 0 Å². The van der Waals surface area contributed by atoms with E-state index in [2.05, 4.69) is 10.2 Å². The van der Waals surface area contributed by atoms with Gasteiger partial charge in [-0.3, -0.25) is 0 Å². The molecule has 0 N–H and O–H groups in total. The van der Waals surface area contributed by atoms with Crippen molar-refractivity contribution in [2.24, 2.45) is 0 Å². The van der Waals surface area contributed by atoms with E-state index in [-0.39, 0.29) is 6.61 Å². The summed E-state index contributed by atoms with van der Waals surface area (Å²) in [6.45, 7) is 4.16. The van der Waals surface area contributed by atoms with Gasteiger partial charge in [-0.1, -0.05) is 35.9 Å². The smallest absolute Gasteiger partial charge is 0.254 e. The second-order valence-electron chi connectivity index (χ2n) is 5.04. The third-order valence-corrected chi connectivity index (χ3v) is 3.59. The number of hydrogen-bond acceptors (Lipinski definition) is 4. The Morgan fingerprint density at radius 3 is 2.73 bits per heavy atom. The quantitative estimate of drug-likeness (QED) is 0.707. The van der Waals surface area contributed by atoms with Crippen molar-refractivity contribution < 1.29 is 9.15 Å². The molecule has 0 amide bonds. The maximum absolute atomic E-state index is 6.09. The average Bonchev–Trinajstić information content (AvgIpc) is 2.97. The number of rotatable bonds is 4. The van der Waals surface area contributed by atoms with Crippen LogP contribution in [0.15, 0.2) is 46.9 Å². The Labute approximate surface area is 133 Å². The number of benzene rings is 2. The fourth-order valence-corrected chi connectivity index (χ4v) is 2.27. The maximum atomic E-state index is 6.09. The Morgan fingerprint density at radius 2 is 1.91 bits per heavy atom. The summed E-state index contributed by atoms with van der Waals surface area (Å²) in [5.74, 6) is 1.51. The molecule has 0 atom stereocenters. The first-order valence-corrected chi connectivity index (χ1v) is 7.28. The van der Waals surface area contributed by atoms with Crippen molar-refractivity contribution in [2.45, 2.75) is 20.5 Å². The molecule has 3 aromatic rings. The lowest BCUT2D eigenvalue weighted by Crippen LogP contribution is -1.96. The van der Waals surface area contributed by atoms with E-state index >= 15 is 0 Å². The second kappa shape index (κ2) is 6.20. The Hall–Kier alpha value is -2.33. The van der Waals surface area contributed by atoms with Gasteiger partial charge in [0.25, 0.3) is 5.89 Å². The Balaban J connectivity index is 1.75. The molecule has 0 fully saturated rings. The lowest BCUT2D eigenvalue weighted by atomic mass is 10.1. The van der Waals surface area contributed by atoms with Crippen LogP contribution in [0.3, 0.4) is 0 Å². The lowest BCUT2D eigenvalue weighted by molar-refractivity contribution is 0.264. The third kappa shape index (κ3) is 3.12. The summed E-state index contributed by atoms with van der Waals surface area (Å²) in [5, 5.41) is 8.65. The van der Waals surface area contributed by atoms with Crippen molar-refractivity contribution in [2.75, 3.05) is 0 Å². The van der Waals surface area contributed by atoms with Crippen LogP contribution in [0.25, 0.3) is 11.5 Å². The van der Waals surface area contributed by atoms with Gasteiger partial charge in [0.05, 0.1) is 5.02 Å². The number of halogens is 1. The van der Waals surface area contributed by atoms with Crippen molar-refractivity contribution in [1.82, 2.24) is 10.2 Å². The van der Waals surface area contributed by atoms with Crippen molar-refractivity contribution in [3.63, 3.8) is 0 Å². The van der Waals surface area contributed by atoms with Crippen LogP contribution in [0.2, 0.25) is 5.02 Å². The Kier molecular flexibility index (Phi) is 4.11. The van der Waals surface area contributed by atoms with Crippen LogP contribution in [0.1, 0.15) is 17.0 Å². The SMILES string of the molecule is Cc1ccc(Cl)c(OCc2nnc(-c3ccccc3C)o2)c1. The van der Waals surface area contributed by atoms with E-state index in [9.17, 15) is 0 Å². The molecule has 4 nitrogen and oxygen atoms in total. The van der Waals surface area contributed by atoms with Crippen LogP contribution in [-0.4, -0.2) is 10.2 Å². The number of hydrogen-bond donors (Lipinski definition) is 0. The molecule has 22 heavy (non-hydrogen) atoms. The summed E-state index contributed by atoms with van der Waals surface area (Å²) in [6.07, 6.45) is 0. The van der Waals surface area contributed by atoms with Crippen LogP contribution >= 0.6 is 11.6 Å². The molecule has 2 aromatic carbocycles. The highest BCUT2D eigenvalue weighted by molar-refractivity contribution is 6.32. The summed E-state index contributed by atoms with van der Waals surface area (Å²) in [5.41, 5.74) is 3.08. The standard InChI is InChI=1S/C17H15ClN2O2/c1-11-7-8-14(18)15(9-11)21-10-16-19-20-17(22-16)13-6-4-3-5-12(13)2/h3-9H,10H2,1-2H3. The fourth-order valence-electron chi connectivity index (χ4n) is 2.09. The van der Waals surface area contributed by atoms with E-state index in [1.165, 1.54) is 0 Å². The molecule has 112 valence electrons. The first-order valence-electron chi connectivity index (χ1n) is 6.91. The van der Waals surface area contributed by atoms with Crippen LogP contribution in [0.5, 0.6) is 5.75 Å². The van der Waals surface area contributed by atoms with Gasteiger partial charge >= 0.3 is 0 Å². The van der Waals surface area contributed by atoms with Crippen molar-refractivity contribution in [1.29, 1.82) is 0 Å². The van der Waals surface area contributed by atoms with E-state index in [0.29, 0.717) is 22.6 Å². The number of aromatic nitrogens is 2. The summed E-state index contributed by atoms with van der Waals surface area (Å²) in [6, 6.07) is 13.5. The van der Waals surface area contributed by atoms with E-state index in [4.69, 9.17) is 20.8 Å². The lowest BCUT2D eigenvalue weighted by Gasteiger charge is -2.06. The highest BCUT2D eigenvalue weighted by atomic mass is 35.5. The van der Waals surface area contributed by atoms with Gasteiger partial charge in [0, 0.05) is 5.56 Å². The molecule has 1 aromatic heterocycles. The zero-order chi connectivity index (χ0) is 15.5. The molecule has 0 aliphatic carbocycles. The summed E-state index contributed by atoms with van der Waals surface area (Å²) in [7, 11) is 0. The minimum atomic E-state index is 0.183. The molecular weight excluding hydrogens is 300 g/mol. The topological polar surface area (TPSA) is 48.2 Å². The van der Waals surface area contributed by atoms with Gasteiger partial charge in [0.15, 0.2) is 6.61 Å². The second-order valence-corrected chi connectivity index (χ2v) is 5.45. The molecule has 0 aliphatic rings. The third-order valence-electron chi connectivity index (χ3n) is 3.28. The van der Waals surface area contributed by atoms with Crippen molar-refractivity contribution in [3.05, 3.63) is 64.5 Å². The van der Waals surface area contributed by atoms with E-state index in [1.807, 2.05) is 50.2 Å². The first kappa shape index (κ1) is 14.6. The molecule has 0 bridgehead atoms. The van der Waals surface area contributed by atoms with Crippen LogP contribution in [0.4, 0.5) is 0 Å². The first-order chi connectivity index (χ1) is 10.6. The minimum Gasteiger partial charge on any atom is -0.482 e. The molecule has 0 radical (unpaired) electrons. The van der Waals surface area contributed by atoms with Gasteiger partial charge in [-0.25, -0.2) is 0 Å². The van der Waals surface area contributed by atoms with Crippen LogP contribution in [-0.2, 0) is 6.61 Å².